The standard InChI is InChI=1S/C23H23N3O5/c1-2-5-21(28)24-16-10-8-15(9-11-16)19(27)14-31-22(29)13-12-20-25-18-7-4-3-6-17(18)23(30)26-20/h3-4,6-11H,2,5,12-14H2,1H3,(H,24,28)(H,25,26,30). The minimum absolute atomic E-state index is 0.0169. The second-order valence-corrected chi connectivity index (χ2v) is 6.99. The Hall–Kier alpha value is -3.81. The number of benzene rings is 2. The van der Waals surface area contributed by atoms with Gasteiger partial charge in [0, 0.05) is 24.1 Å². The minimum Gasteiger partial charge on any atom is -0.457 e. The smallest absolute Gasteiger partial charge is 0.306 e. The Morgan fingerprint density at radius 2 is 1.77 bits per heavy atom. The normalized spacial score (nSPS) is 10.6. The first-order chi connectivity index (χ1) is 15.0. The van der Waals surface area contributed by atoms with Crippen LogP contribution >= 0.6 is 0 Å². The zero-order valence-electron chi connectivity index (χ0n) is 17.1. The lowest BCUT2D eigenvalue weighted by atomic mass is 10.1. The molecule has 0 saturated heterocycles. The number of anilines is 1. The van der Waals surface area contributed by atoms with Crippen molar-refractivity contribution in [1.29, 1.82) is 0 Å². The van der Waals surface area contributed by atoms with Crippen LogP contribution in [0.4, 0.5) is 5.69 Å². The van der Waals surface area contributed by atoms with Crippen LogP contribution in [0.3, 0.4) is 0 Å². The lowest BCUT2D eigenvalue weighted by Crippen LogP contribution is -2.16. The Morgan fingerprint density at radius 1 is 1.03 bits per heavy atom. The highest BCUT2D eigenvalue weighted by Crippen LogP contribution is 2.11. The molecule has 0 aliphatic heterocycles. The molecule has 3 aromatic rings. The van der Waals surface area contributed by atoms with Crippen molar-refractivity contribution in [3.8, 4) is 0 Å². The molecule has 0 atom stereocenters. The van der Waals surface area contributed by atoms with Crippen molar-refractivity contribution in [1.82, 2.24) is 9.97 Å². The van der Waals surface area contributed by atoms with E-state index in [1.807, 2.05) is 6.92 Å². The number of aromatic amines is 1. The number of amides is 1. The second kappa shape index (κ2) is 10.3. The zero-order chi connectivity index (χ0) is 22.2. The van der Waals surface area contributed by atoms with E-state index in [1.54, 1.807) is 48.5 Å². The fourth-order valence-corrected chi connectivity index (χ4v) is 2.97. The molecule has 0 bridgehead atoms. The topological polar surface area (TPSA) is 118 Å². The van der Waals surface area contributed by atoms with Crippen LogP contribution in [0.25, 0.3) is 10.9 Å². The Labute approximate surface area is 178 Å². The average Bonchev–Trinajstić information content (AvgIpc) is 2.77. The number of hydrogen-bond donors (Lipinski definition) is 2. The summed E-state index contributed by atoms with van der Waals surface area (Å²) in [4.78, 5) is 54.9. The number of ketones is 1. The largest absolute Gasteiger partial charge is 0.457 e. The SMILES string of the molecule is CCCC(=O)Nc1ccc(C(=O)COC(=O)CCc2nc3ccccc3c(=O)[nH]2)cc1. The first-order valence-corrected chi connectivity index (χ1v) is 10.0. The van der Waals surface area contributed by atoms with E-state index in [0.29, 0.717) is 34.4 Å². The molecule has 0 unspecified atom stereocenters. The van der Waals surface area contributed by atoms with E-state index in [4.69, 9.17) is 4.74 Å². The maximum absolute atomic E-state index is 12.2. The Balaban J connectivity index is 1.48. The van der Waals surface area contributed by atoms with Crippen LogP contribution in [0.2, 0.25) is 0 Å². The van der Waals surface area contributed by atoms with Gasteiger partial charge in [-0.15, -0.1) is 0 Å². The van der Waals surface area contributed by atoms with Crippen molar-refractivity contribution in [2.45, 2.75) is 32.6 Å². The highest BCUT2D eigenvalue weighted by atomic mass is 16.5. The van der Waals surface area contributed by atoms with Gasteiger partial charge in [-0.1, -0.05) is 19.1 Å². The molecule has 3 rings (SSSR count). The van der Waals surface area contributed by atoms with Crippen molar-refractivity contribution in [2.75, 3.05) is 11.9 Å². The van der Waals surface area contributed by atoms with Crippen LogP contribution in [-0.2, 0) is 20.7 Å². The molecular weight excluding hydrogens is 398 g/mol. The third kappa shape index (κ3) is 6.08. The van der Waals surface area contributed by atoms with Gasteiger partial charge in [-0.2, -0.15) is 0 Å². The van der Waals surface area contributed by atoms with E-state index in [1.165, 1.54) is 0 Å². The number of fused-ring (bicyclic) bond motifs is 1. The van der Waals surface area contributed by atoms with Gasteiger partial charge in [0.2, 0.25) is 5.91 Å². The number of ether oxygens (including phenoxy) is 1. The molecule has 1 heterocycles. The van der Waals surface area contributed by atoms with Crippen LogP contribution in [0.5, 0.6) is 0 Å². The Kier molecular flexibility index (Phi) is 7.26. The lowest BCUT2D eigenvalue weighted by molar-refractivity contribution is -0.142. The summed E-state index contributed by atoms with van der Waals surface area (Å²) in [6.07, 6.45) is 1.36. The van der Waals surface area contributed by atoms with E-state index in [0.717, 1.165) is 6.42 Å². The van der Waals surface area contributed by atoms with Crippen LogP contribution in [0.1, 0.15) is 42.4 Å². The molecule has 0 saturated carbocycles. The number of aryl methyl sites for hydroxylation is 1. The fraction of sp³-hybridized carbons (Fsp3) is 0.261. The molecule has 0 radical (unpaired) electrons. The number of carbonyl (C=O) groups excluding carboxylic acids is 3. The number of nitrogens with one attached hydrogen (secondary N) is 2. The predicted octanol–water partition coefficient (Wildman–Crippen LogP) is 3.02. The molecule has 8 nitrogen and oxygen atoms in total. The van der Waals surface area contributed by atoms with Gasteiger partial charge in [0.1, 0.15) is 5.82 Å². The van der Waals surface area contributed by atoms with Gasteiger partial charge in [0.05, 0.1) is 17.3 Å². The Morgan fingerprint density at radius 3 is 2.52 bits per heavy atom. The first kappa shape index (κ1) is 21.9. The van der Waals surface area contributed by atoms with E-state index in [9.17, 15) is 19.2 Å². The minimum atomic E-state index is -0.562. The summed E-state index contributed by atoms with van der Waals surface area (Å²) in [5, 5.41) is 3.22. The molecule has 2 aromatic carbocycles. The molecule has 160 valence electrons. The highest BCUT2D eigenvalue weighted by Gasteiger charge is 2.12. The van der Waals surface area contributed by atoms with Gasteiger partial charge in [0.15, 0.2) is 12.4 Å². The van der Waals surface area contributed by atoms with Gasteiger partial charge >= 0.3 is 5.97 Å². The number of carbonyl (C=O) groups is 3. The molecule has 0 aliphatic rings. The molecule has 0 spiro atoms. The second-order valence-electron chi connectivity index (χ2n) is 6.99. The Bertz CT molecular complexity index is 1150. The molecule has 2 N–H and O–H groups in total. The molecular formula is C23H23N3O5. The highest BCUT2D eigenvalue weighted by molar-refractivity contribution is 5.98. The summed E-state index contributed by atoms with van der Waals surface area (Å²) < 4.78 is 5.05. The third-order valence-corrected chi connectivity index (χ3v) is 4.56. The quantitative estimate of drug-likeness (QED) is 0.405. The summed E-state index contributed by atoms with van der Waals surface area (Å²) in [5.74, 6) is -0.616. The van der Waals surface area contributed by atoms with E-state index < -0.39 is 5.97 Å². The number of hydrogen-bond acceptors (Lipinski definition) is 6. The van der Waals surface area contributed by atoms with Crippen molar-refractivity contribution in [3.63, 3.8) is 0 Å². The average molecular weight is 421 g/mol. The van der Waals surface area contributed by atoms with Gasteiger partial charge in [-0.3, -0.25) is 19.2 Å². The number of nitrogens with zero attached hydrogens (tertiary/aromatic N) is 1. The summed E-state index contributed by atoms with van der Waals surface area (Å²) in [6, 6.07) is 13.3. The first-order valence-electron chi connectivity index (χ1n) is 10.0. The van der Waals surface area contributed by atoms with Gasteiger partial charge in [-0.25, -0.2) is 4.98 Å². The number of Topliss-reactive ketones (excluding diaryl/α,β-unsaturated/α-hetero) is 1. The molecule has 0 fully saturated rings. The van der Waals surface area contributed by atoms with E-state index >= 15 is 0 Å². The van der Waals surface area contributed by atoms with E-state index in [2.05, 4.69) is 15.3 Å². The number of rotatable bonds is 9. The lowest BCUT2D eigenvalue weighted by Gasteiger charge is -2.07. The number of aromatic nitrogens is 2. The van der Waals surface area contributed by atoms with Crippen LogP contribution < -0.4 is 10.9 Å². The summed E-state index contributed by atoms with van der Waals surface area (Å²) >= 11 is 0. The fourth-order valence-electron chi connectivity index (χ4n) is 2.97. The third-order valence-electron chi connectivity index (χ3n) is 4.56. The van der Waals surface area contributed by atoms with Crippen LogP contribution in [0.15, 0.2) is 53.3 Å². The van der Waals surface area contributed by atoms with E-state index in [-0.39, 0.29) is 36.7 Å². The monoisotopic (exact) mass is 421 g/mol. The summed E-state index contributed by atoms with van der Waals surface area (Å²) in [6.45, 7) is 1.53. The number of esters is 1. The van der Waals surface area contributed by atoms with Crippen molar-refractivity contribution in [2.24, 2.45) is 0 Å². The van der Waals surface area contributed by atoms with Gasteiger partial charge < -0.3 is 15.0 Å². The van der Waals surface area contributed by atoms with Gasteiger partial charge in [0.25, 0.3) is 5.56 Å². The molecule has 0 aliphatic carbocycles. The molecule has 8 heteroatoms. The van der Waals surface area contributed by atoms with Crippen LogP contribution in [-0.4, -0.2) is 34.2 Å². The predicted molar refractivity (Wildman–Crippen MR) is 116 cm³/mol. The summed E-state index contributed by atoms with van der Waals surface area (Å²) in [7, 11) is 0. The van der Waals surface area contributed by atoms with Gasteiger partial charge in [-0.05, 0) is 42.8 Å². The van der Waals surface area contributed by atoms with Crippen molar-refractivity contribution >= 4 is 34.3 Å². The summed E-state index contributed by atoms with van der Waals surface area (Å²) in [5.41, 5.74) is 1.27. The van der Waals surface area contributed by atoms with Crippen LogP contribution in [0, 0.1) is 0 Å². The van der Waals surface area contributed by atoms with Crippen molar-refractivity contribution in [3.05, 3.63) is 70.3 Å². The van der Waals surface area contributed by atoms with Crippen molar-refractivity contribution < 1.29 is 19.1 Å². The maximum atomic E-state index is 12.2. The maximum Gasteiger partial charge on any atom is 0.306 e. The molecule has 1 amide bonds. The number of para-hydroxylation sites is 1. The zero-order valence-corrected chi connectivity index (χ0v) is 17.1. The molecule has 1 aromatic heterocycles. The molecule has 31 heavy (non-hydrogen) atoms. The number of H-pyrrole nitrogens is 1.